The molecule has 232 valence electrons. The summed E-state index contributed by atoms with van der Waals surface area (Å²) >= 11 is 7.75. The number of aromatic nitrogens is 3. The maximum Gasteiger partial charge on any atom is 0.338 e. The third kappa shape index (κ3) is 5.76. The Bertz CT molecular complexity index is 1800. The number of halogens is 1. The quantitative estimate of drug-likeness (QED) is 0.254. The van der Waals surface area contributed by atoms with Crippen LogP contribution in [0.3, 0.4) is 0 Å². The summed E-state index contributed by atoms with van der Waals surface area (Å²) in [6.45, 7) is 8.53. The molecular weight excluding hydrogens is 600 g/mol. The van der Waals surface area contributed by atoms with Crippen molar-refractivity contribution in [3.8, 4) is 16.9 Å². The van der Waals surface area contributed by atoms with E-state index in [1.54, 1.807) is 23.1 Å². The van der Waals surface area contributed by atoms with Crippen LogP contribution in [0.5, 0.6) is 5.75 Å². The van der Waals surface area contributed by atoms with Gasteiger partial charge < -0.3 is 14.6 Å². The molecule has 2 aliphatic rings. The number of rotatable bonds is 8. The molecule has 1 N–H and O–H groups in total. The summed E-state index contributed by atoms with van der Waals surface area (Å²) in [5, 5.41) is 11.8. The van der Waals surface area contributed by atoms with Crippen LogP contribution >= 0.6 is 22.9 Å². The van der Waals surface area contributed by atoms with Gasteiger partial charge in [0.2, 0.25) is 0 Å². The van der Waals surface area contributed by atoms with Crippen molar-refractivity contribution >= 4 is 39.1 Å². The molecule has 0 radical (unpaired) electrons. The lowest BCUT2D eigenvalue weighted by Crippen LogP contribution is -2.55. The molecule has 1 aromatic carbocycles. The van der Waals surface area contributed by atoms with Gasteiger partial charge in [-0.2, -0.15) is 0 Å². The lowest BCUT2D eigenvalue weighted by Gasteiger charge is -2.47. The number of aryl methyl sites for hydroxylation is 3. The maximum atomic E-state index is 13.9. The maximum absolute atomic E-state index is 13.9. The van der Waals surface area contributed by atoms with Crippen molar-refractivity contribution in [2.75, 3.05) is 26.8 Å². The molecule has 1 atom stereocenters. The summed E-state index contributed by atoms with van der Waals surface area (Å²) in [6, 6.07) is 7.31. The number of piperidine rings is 1. The SMILES string of the molecule is COC1CCN([C@]2(C)CCc3nc(C)n(CCOc4ccc(Cl)cc4-c4cc(C)nc5c(C(=O)O)csc45)c(=O)c3C2)CC1. The van der Waals surface area contributed by atoms with Gasteiger partial charge in [0.1, 0.15) is 18.2 Å². The zero-order valence-electron chi connectivity index (χ0n) is 25.5. The average molecular weight is 637 g/mol. The fourth-order valence-corrected chi connectivity index (χ4v) is 7.92. The van der Waals surface area contributed by atoms with E-state index in [2.05, 4.69) is 16.8 Å². The Morgan fingerprint density at radius 3 is 2.68 bits per heavy atom. The van der Waals surface area contributed by atoms with Crippen LogP contribution in [-0.4, -0.2) is 69.0 Å². The molecule has 0 saturated carbocycles. The molecule has 0 bridgehead atoms. The van der Waals surface area contributed by atoms with Crippen molar-refractivity contribution in [1.29, 1.82) is 0 Å². The van der Waals surface area contributed by atoms with Crippen molar-refractivity contribution in [3.05, 3.63) is 73.4 Å². The van der Waals surface area contributed by atoms with E-state index < -0.39 is 5.97 Å². The van der Waals surface area contributed by atoms with E-state index >= 15 is 0 Å². The number of methoxy groups -OCH3 is 1. The van der Waals surface area contributed by atoms with Crippen molar-refractivity contribution in [3.63, 3.8) is 0 Å². The van der Waals surface area contributed by atoms with Crippen molar-refractivity contribution < 1.29 is 19.4 Å². The highest BCUT2D eigenvalue weighted by Gasteiger charge is 2.39. The van der Waals surface area contributed by atoms with E-state index in [1.807, 2.05) is 32.0 Å². The van der Waals surface area contributed by atoms with Gasteiger partial charge in [-0.25, -0.2) is 9.78 Å². The highest BCUT2D eigenvalue weighted by molar-refractivity contribution is 7.18. The molecule has 9 nitrogen and oxygen atoms in total. The fourth-order valence-electron chi connectivity index (χ4n) is 6.74. The monoisotopic (exact) mass is 636 g/mol. The van der Waals surface area contributed by atoms with Crippen LogP contribution in [0.4, 0.5) is 0 Å². The van der Waals surface area contributed by atoms with E-state index in [0.717, 1.165) is 65.9 Å². The van der Waals surface area contributed by atoms with E-state index in [0.29, 0.717) is 46.9 Å². The molecule has 1 saturated heterocycles. The molecule has 44 heavy (non-hydrogen) atoms. The Labute approximate surface area is 265 Å². The van der Waals surface area contributed by atoms with Crippen molar-refractivity contribution in [2.45, 2.75) is 71.1 Å². The molecule has 0 spiro atoms. The summed E-state index contributed by atoms with van der Waals surface area (Å²) in [5.41, 5.74) is 4.52. The largest absolute Gasteiger partial charge is 0.491 e. The van der Waals surface area contributed by atoms with Crippen LogP contribution in [-0.2, 0) is 24.1 Å². The number of aromatic carboxylic acids is 1. The summed E-state index contributed by atoms with van der Waals surface area (Å²) in [5.74, 6) is 0.262. The number of fused-ring (bicyclic) bond motifs is 2. The Morgan fingerprint density at radius 1 is 1.18 bits per heavy atom. The molecule has 4 heterocycles. The molecule has 11 heteroatoms. The number of benzene rings is 1. The highest BCUT2D eigenvalue weighted by Crippen LogP contribution is 2.40. The van der Waals surface area contributed by atoms with Crippen molar-refractivity contribution in [2.24, 2.45) is 0 Å². The molecule has 1 fully saturated rings. The zero-order chi connectivity index (χ0) is 31.2. The van der Waals surface area contributed by atoms with Crippen LogP contribution in [0.25, 0.3) is 21.3 Å². The Morgan fingerprint density at radius 2 is 1.95 bits per heavy atom. The molecule has 4 aromatic rings. The second-order valence-electron chi connectivity index (χ2n) is 12.1. The summed E-state index contributed by atoms with van der Waals surface area (Å²) in [6.07, 6.45) is 4.80. The minimum atomic E-state index is -1.02. The first-order chi connectivity index (χ1) is 21.1. The van der Waals surface area contributed by atoms with Gasteiger partial charge >= 0.3 is 5.97 Å². The number of hydrogen-bond acceptors (Lipinski definition) is 8. The number of thiophene rings is 1. The molecule has 3 aromatic heterocycles. The van der Waals surface area contributed by atoms with Crippen LogP contribution in [0, 0.1) is 13.8 Å². The van der Waals surface area contributed by atoms with Gasteiger partial charge in [0.05, 0.1) is 34.1 Å². The predicted molar refractivity (Wildman–Crippen MR) is 173 cm³/mol. The van der Waals surface area contributed by atoms with Gasteiger partial charge in [-0.15, -0.1) is 11.3 Å². The Kier molecular flexibility index (Phi) is 8.54. The van der Waals surface area contributed by atoms with E-state index in [-0.39, 0.29) is 23.3 Å². The minimum absolute atomic E-state index is 0.0105. The van der Waals surface area contributed by atoms with Gasteiger partial charge in [-0.05, 0) is 77.1 Å². The predicted octanol–water partition coefficient (Wildman–Crippen LogP) is 5.93. The molecule has 0 amide bonds. The van der Waals surface area contributed by atoms with Crippen LogP contribution in [0.2, 0.25) is 5.02 Å². The first-order valence-electron chi connectivity index (χ1n) is 15.0. The number of pyridine rings is 1. The van der Waals surface area contributed by atoms with Crippen LogP contribution < -0.4 is 10.3 Å². The minimum Gasteiger partial charge on any atom is -0.491 e. The van der Waals surface area contributed by atoms with Gasteiger partial charge in [0, 0.05) is 58.5 Å². The van der Waals surface area contributed by atoms with Crippen LogP contribution in [0.15, 0.2) is 34.4 Å². The molecule has 6 rings (SSSR count). The normalized spacial score (nSPS) is 19.3. The first-order valence-corrected chi connectivity index (χ1v) is 16.3. The number of carboxylic acids is 1. The molecule has 0 unspecified atom stereocenters. The van der Waals surface area contributed by atoms with Gasteiger partial charge in [-0.3, -0.25) is 19.2 Å². The summed E-state index contributed by atoms with van der Waals surface area (Å²) in [7, 11) is 1.78. The lowest BCUT2D eigenvalue weighted by atomic mass is 9.79. The van der Waals surface area contributed by atoms with Crippen LogP contribution in [0.1, 0.15) is 59.3 Å². The fraction of sp³-hybridized carbons (Fsp3) is 0.455. The highest BCUT2D eigenvalue weighted by atomic mass is 35.5. The van der Waals surface area contributed by atoms with Crippen molar-refractivity contribution in [1.82, 2.24) is 19.4 Å². The Balaban J connectivity index is 1.24. The summed E-state index contributed by atoms with van der Waals surface area (Å²) < 4.78 is 14.4. The number of nitrogens with zero attached hydrogens (tertiary/aromatic N) is 4. The van der Waals surface area contributed by atoms with E-state index in [4.69, 9.17) is 26.1 Å². The molecule has 1 aliphatic carbocycles. The lowest BCUT2D eigenvalue weighted by molar-refractivity contribution is -0.00406. The van der Waals surface area contributed by atoms with Gasteiger partial charge in [-0.1, -0.05) is 11.6 Å². The zero-order valence-corrected chi connectivity index (χ0v) is 27.1. The third-order valence-corrected chi connectivity index (χ3v) is 10.5. The second kappa shape index (κ2) is 12.2. The smallest absolute Gasteiger partial charge is 0.338 e. The summed E-state index contributed by atoms with van der Waals surface area (Å²) in [4.78, 5) is 37.6. The van der Waals surface area contributed by atoms with Gasteiger partial charge in [0.15, 0.2) is 0 Å². The number of likely N-dealkylation sites (tertiary alicyclic amines) is 1. The van der Waals surface area contributed by atoms with Gasteiger partial charge in [0.25, 0.3) is 5.56 Å². The average Bonchev–Trinajstić information content (AvgIpc) is 3.44. The standard InChI is InChI=1S/C33H37ClN4O5S/c1-19-15-24(30-29(35-19)26(18-44-30)32(40)41)23-16-21(34)5-6-28(23)43-14-13-38-20(2)36-27-7-10-33(3,17-25(27)31(38)39)37-11-8-22(42-4)9-12-37/h5-6,15-16,18,22H,7-14,17H2,1-4H3,(H,40,41)/t33-/m1/s1. The molecule has 1 aliphatic heterocycles. The number of carboxylic acid groups (broad SMARTS) is 1. The number of carbonyl (C=O) groups is 1. The molecular formula is C33H37ClN4O5S. The van der Waals surface area contributed by atoms with E-state index in [9.17, 15) is 14.7 Å². The third-order valence-electron chi connectivity index (χ3n) is 9.22. The second-order valence-corrected chi connectivity index (χ2v) is 13.4. The van der Waals surface area contributed by atoms with E-state index in [1.165, 1.54) is 11.3 Å². The first kappa shape index (κ1) is 30.7. The Hall–Kier alpha value is -3.31. The number of ether oxygens (including phenoxy) is 2. The number of hydrogen-bond donors (Lipinski definition) is 1. The topological polar surface area (TPSA) is 107 Å².